The zero-order chi connectivity index (χ0) is 15.4. The molecule has 1 saturated carbocycles. The number of benzene rings is 1. The number of unbranched alkanes of at least 4 members (excludes halogenated alkanes) is 1. The fourth-order valence-electron chi connectivity index (χ4n) is 2.41. The minimum atomic E-state index is -0.427. The van der Waals surface area contributed by atoms with Gasteiger partial charge in [0.15, 0.2) is 5.78 Å². The lowest BCUT2D eigenvalue weighted by Gasteiger charge is -2.24. The van der Waals surface area contributed by atoms with Gasteiger partial charge in [0.25, 0.3) is 5.69 Å². The molecule has 1 aliphatic carbocycles. The van der Waals surface area contributed by atoms with Crippen LogP contribution in [-0.4, -0.2) is 35.0 Å². The Morgan fingerprint density at radius 1 is 1.43 bits per heavy atom. The maximum absolute atomic E-state index is 11.4. The summed E-state index contributed by atoms with van der Waals surface area (Å²) in [4.78, 5) is 24.3. The number of rotatable bonds is 8. The van der Waals surface area contributed by atoms with Crippen molar-refractivity contribution in [3.8, 4) is 0 Å². The summed E-state index contributed by atoms with van der Waals surface area (Å²) in [7, 11) is 0. The highest BCUT2D eigenvalue weighted by Gasteiger charge is 2.32. The zero-order valence-corrected chi connectivity index (χ0v) is 12.1. The molecular formula is C15H20N2O4. The minimum Gasteiger partial charge on any atom is -0.396 e. The van der Waals surface area contributed by atoms with Crippen LogP contribution >= 0.6 is 0 Å². The normalized spacial score (nSPS) is 14.0. The van der Waals surface area contributed by atoms with E-state index in [2.05, 4.69) is 0 Å². The number of carbonyl (C=O) groups is 1. The minimum absolute atomic E-state index is 0.0152. The van der Waals surface area contributed by atoms with E-state index in [1.54, 1.807) is 12.1 Å². The largest absolute Gasteiger partial charge is 0.396 e. The van der Waals surface area contributed by atoms with Gasteiger partial charge in [-0.3, -0.25) is 14.9 Å². The van der Waals surface area contributed by atoms with E-state index in [0.29, 0.717) is 30.3 Å². The molecular weight excluding hydrogens is 272 g/mol. The van der Waals surface area contributed by atoms with E-state index in [4.69, 9.17) is 5.11 Å². The van der Waals surface area contributed by atoms with Gasteiger partial charge in [-0.15, -0.1) is 0 Å². The molecule has 1 aromatic rings. The average molecular weight is 292 g/mol. The Morgan fingerprint density at radius 2 is 2.14 bits per heavy atom. The third-order valence-corrected chi connectivity index (χ3v) is 3.68. The lowest BCUT2D eigenvalue weighted by atomic mass is 10.1. The van der Waals surface area contributed by atoms with Crippen LogP contribution in [0.1, 0.15) is 43.0 Å². The number of ketones is 1. The van der Waals surface area contributed by atoms with Gasteiger partial charge < -0.3 is 10.0 Å². The number of carbonyl (C=O) groups excluding carboxylic acids is 1. The van der Waals surface area contributed by atoms with Gasteiger partial charge in [-0.05, 0) is 44.7 Å². The first-order valence-electron chi connectivity index (χ1n) is 7.21. The molecule has 6 nitrogen and oxygen atoms in total. The Kier molecular flexibility index (Phi) is 4.90. The third kappa shape index (κ3) is 3.78. The summed E-state index contributed by atoms with van der Waals surface area (Å²) in [5, 5.41) is 20.2. The first-order chi connectivity index (χ1) is 10.0. The van der Waals surface area contributed by atoms with Gasteiger partial charge in [0.2, 0.25) is 0 Å². The molecule has 0 aromatic heterocycles. The summed E-state index contributed by atoms with van der Waals surface area (Å²) in [5.74, 6) is -0.178. The van der Waals surface area contributed by atoms with E-state index >= 15 is 0 Å². The maximum atomic E-state index is 11.4. The summed E-state index contributed by atoms with van der Waals surface area (Å²) < 4.78 is 0. The van der Waals surface area contributed by atoms with Crippen molar-refractivity contribution in [3.63, 3.8) is 0 Å². The number of Topliss-reactive ketones (excluding diaryl/α,β-unsaturated/α-hetero) is 1. The molecule has 0 atom stereocenters. The van der Waals surface area contributed by atoms with E-state index in [9.17, 15) is 14.9 Å². The first-order valence-corrected chi connectivity index (χ1v) is 7.21. The predicted octanol–water partition coefficient (Wildman–Crippen LogP) is 2.54. The second kappa shape index (κ2) is 6.67. The van der Waals surface area contributed by atoms with Crippen LogP contribution < -0.4 is 4.90 Å². The zero-order valence-electron chi connectivity index (χ0n) is 12.1. The van der Waals surface area contributed by atoms with Crippen LogP contribution in [0, 0.1) is 10.1 Å². The van der Waals surface area contributed by atoms with E-state index in [1.807, 2.05) is 4.90 Å². The molecule has 1 fully saturated rings. The van der Waals surface area contributed by atoms with Crippen LogP contribution in [0.5, 0.6) is 0 Å². The van der Waals surface area contributed by atoms with Gasteiger partial charge >= 0.3 is 0 Å². The van der Waals surface area contributed by atoms with Crippen LogP contribution in [0.2, 0.25) is 0 Å². The summed E-state index contributed by atoms with van der Waals surface area (Å²) >= 11 is 0. The van der Waals surface area contributed by atoms with Crippen molar-refractivity contribution in [1.82, 2.24) is 0 Å². The summed E-state index contributed by atoms with van der Waals surface area (Å²) in [6.07, 6.45) is 3.54. The van der Waals surface area contributed by atoms with Crippen LogP contribution in [-0.2, 0) is 0 Å². The van der Waals surface area contributed by atoms with Crippen LogP contribution in [0.25, 0.3) is 0 Å². The Morgan fingerprint density at radius 3 is 2.67 bits per heavy atom. The molecule has 0 aliphatic heterocycles. The fourth-order valence-corrected chi connectivity index (χ4v) is 2.41. The van der Waals surface area contributed by atoms with Crippen LogP contribution in [0.15, 0.2) is 18.2 Å². The van der Waals surface area contributed by atoms with Crippen LogP contribution in [0.4, 0.5) is 11.4 Å². The topological polar surface area (TPSA) is 83.7 Å². The van der Waals surface area contributed by atoms with E-state index < -0.39 is 4.92 Å². The molecule has 114 valence electrons. The molecule has 0 spiro atoms. The highest BCUT2D eigenvalue weighted by Crippen LogP contribution is 2.37. The molecule has 0 unspecified atom stereocenters. The molecule has 1 aliphatic rings. The monoisotopic (exact) mass is 292 g/mol. The Labute approximate surface area is 123 Å². The summed E-state index contributed by atoms with van der Waals surface area (Å²) in [6.45, 7) is 2.22. The van der Waals surface area contributed by atoms with E-state index in [-0.39, 0.29) is 18.1 Å². The van der Waals surface area contributed by atoms with Crippen molar-refractivity contribution in [1.29, 1.82) is 0 Å². The fraction of sp³-hybridized carbons (Fsp3) is 0.533. The van der Waals surface area contributed by atoms with Crippen LogP contribution in [0.3, 0.4) is 0 Å². The molecule has 0 bridgehead atoms. The van der Waals surface area contributed by atoms with Crippen molar-refractivity contribution < 1.29 is 14.8 Å². The number of anilines is 1. The van der Waals surface area contributed by atoms with Crippen molar-refractivity contribution in [2.24, 2.45) is 0 Å². The SMILES string of the molecule is CC(=O)c1ccc(N(CCCCO)C2CC2)c([N+](=O)[O-])c1. The molecule has 21 heavy (non-hydrogen) atoms. The Balaban J connectivity index is 2.30. The predicted molar refractivity (Wildman–Crippen MR) is 79.8 cm³/mol. The first kappa shape index (κ1) is 15.4. The molecule has 0 amide bonds. The highest BCUT2D eigenvalue weighted by molar-refractivity contribution is 5.95. The van der Waals surface area contributed by atoms with Gasteiger partial charge in [-0.25, -0.2) is 0 Å². The lowest BCUT2D eigenvalue weighted by Crippen LogP contribution is -2.27. The molecule has 0 radical (unpaired) electrons. The quantitative estimate of drug-likeness (QED) is 0.344. The number of aliphatic hydroxyl groups is 1. The van der Waals surface area contributed by atoms with Gasteiger partial charge in [0.1, 0.15) is 5.69 Å². The maximum Gasteiger partial charge on any atom is 0.293 e. The Bertz CT molecular complexity index is 540. The number of aliphatic hydroxyl groups excluding tert-OH is 1. The van der Waals surface area contributed by atoms with Gasteiger partial charge in [-0.1, -0.05) is 0 Å². The molecule has 1 N–H and O–H groups in total. The smallest absolute Gasteiger partial charge is 0.293 e. The van der Waals surface area contributed by atoms with Gasteiger partial charge in [0.05, 0.1) is 4.92 Å². The van der Waals surface area contributed by atoms with E-state index in [0.717, 1.165) is 19.3 Å². The lowest BCUT2D eigenvalue weighted by molar-refractivity contribution is -0.384. The summed E-state index contributed by atoms with van der Waals surface area (Å²) in [6, 6.07) is 5.02. The summed E-state index contributed by atoms with van der Waals surface area (Å²) in [5.41, 5.74) is 0.917. The number of hydrogen-bond donors (Lipinski definition) is 1. The molecule has 1 aromatic carbocycles. The molecule has 2 rings (SSSR count). The number of nitro benzene ring substituents is 1. The van der Waals surface area contributed by atoms with E-state index in [1.165, 1.54) is 13.0 Å². The second-order valence-corrected chi connectivity index (χ2v) is 5.37. The van der Waals surface area contributed by atoms with Crippen molar-refractivity contribution in [3.05, 3.63) is 33.9 Å². The molecule has 6 heteroatoms. The number of nitrogens with zero attached hydrogens (tertiary/aromatic N) is 2. The third-order valence-electron chi connectivity index (χ3n) is 3.68. The standard InChI is InChI=1S/C15H20N2O4/c1-11(19)12-4-7-14(15(10-12)17(20)21)16(13-5-6-13)8-2-3-9-18/h4,7,10,13,18H,2-3,5-6,8-9H2,1H3. The van der Waals surface area contributed by atoms with Crippen molar-refractivity contribution in [2.75, 3.05) is 18.1 Å². The van der Waals surface area contributed by atoms with Gasteiger partial charge in [-0.2, -0.15) is 0 Å². The molecule has 0 saturated heterocycles. The average Bonchev–Trinajstić information content (AvgIpc) is 3.27. The van der Waals surface area contributed by atoms with Crippen molar-refractivity contribution in [2.45, 2.75) is 38.6 Å². The van der Waals surface area contributed by atoms with Gasteiger partial charge in [0, 0.05) is 30.8 Å². The number of nitro groups is 1. The molecule has 0 heterocycles. The second-order valence-electron chi connectivity index (χ2n) is 5.37. The Hall–Kier alpha value is -1.95. The number of hydrogen-bond acceptors (Lipinski definition) is 5. The van der Waals surface area contributed by atoms with Crippen molar-refractivity contribution >= 4 is 17.2 Å². The highest BCUT2D eigenvalue weighted by atomic mass is 16.6.